The summed E-state index contributed by atoms with van der Waals surface area (Å²) >= 11 is 0. The third-order valence-electron chi connectivity index (χ3n) is 7.48. The Morgan fingerprint density at radius 2 is 1.84 bits per heavy atom. The van der Waals surface area contributed by atoms with Crippen molar-refractivity contribution >= 4 is 28.6 Å². The largest absolute Gasteiger partial charge is 0.494 e. The number of ether oxygens (including phenoxy) is 1. The van der Waals surface area contributed by atoms with Crippen LogP contribution in [0.1, 0.15) is 34.4 Å². The molecule has 1 fully saturated rings. The van der Waals surface area contributed by atoms with Crippen LogP contribution in [0.5, 0.6) is 5.75 Å². The number of nitrogens with two attached hydrogens (primary N) is 1. The van der Waals surface area contributed by atoms with Crippen molar-refractivity contribution in [3.63, 3.8) is 0 Å². The quantitative estimate of drug-likeness (QED) is 0.476. The molecular formula is C30H37N7O. The first-order valence-corrected chi connectivity index (χ1v) is 13.2. The highest BCUT2D eigenvalue weighted by Gasteiger charge is 2.26. The van der Waals surface area contributed by atoms with Gasteiger partial charge in [-0.15, -0.1) is 0 Å². The van der Waals surface area contributed by atoms with E-state index in [0.717, 1.165) is 95.5 Å². The molecule has 1 saturated heterocycles. The molecule has 5 rings (SSSR count). The van der Waals surface area contributed by atoms with Gasteiger partial charge in [0.15, 0.2) is 0 Å². The van der Waals surface area contributed by atoms with Gasteiger partial charge in [-0.25, -0.2) is 9.97 Å². The van der Waals surface area contributed by atoms with E-state index in [-0.39, 0.29) is 0 Å². The van der Waals surface area contributed by atoms with Gasteiger partial charge in [0.1, 0.15) is 5.75 Å². The van der Waals surface area contributed by atoms with E-state index in [1.165, 1.54) is 5.56 Å². The van der Waals surface area contributed by atoms with Crippen molar-refractivity contribution in [2.24, 2.45) is 10.7 Å². The summed E-state index contributed by atoms with van der Waals surface area (Å²) in [5.41, 5.74) is 16.5. The lowest BCUT2D eigenvalue weighted by Gasteiger charge is -2.34. The molecule has 8 nitrogen and oxygen atoms in total. The zero-order valence-corrected chi connectivity index (χ0v) is 23.0. The number of rotatable bonds is 6. The van der Waals surface area contributed by atoms with E-state index in [4.69, 9.17) is 20.4 Å². The van der Waals surface area contributed by atoms with Crippen LogP contribution in [-0.2, 0) is 6.42 Å². The summed E-state index contributed by atoms with van der Waals surface area (Å²) < 4.78 is 5.75. The smallest absolute Gasteiger partial charge is 0.227 e. The van der Waals surface area contributed by atoms with Gasteiger partial charge in [-0.2, -0.15) is 0 Å². The molecule has 8 heteroatoms. The van der Waals surface area contributed by atoms with Crippen LogP contribution < -0.4 is 20.7 Å². The highest BCUT2D eigenvalue weighted by atomic mass is 16.5. The van der Waals surface area contributed by atoms with Gasteiger partial charge in [0.2, 0.25) is 5.95 Å². The molecule has 3 N–H and O–H groups in total. The van der Waals surface area contributed by atoms with Crippen molar-refractivity contribution in [1.82, 2.24) is 14.9 Å². The average Bonchev–Trinajstić information content (AvgIpc) is 2.92. The molecule has 0 radical (unpaired) electrons. The number of allylic oxidation sites excluding steroid dienone is 2. The minimum absolute atomic E-state index is 0.498. The van der Waals surface area contributed by atoms with E-state index in [1.807, 2.05) is 19.3 Å². The maximum Gasteiger partial charge on any atom is 0.227 e. The average molecular weight is 512 g/mol. The molecule has 2 aromatic carbocycles. The number of likely N-dealkylation sites (N-methyl/N-ethyl adjacent to an activating group) is 1. The number of fused-ring (bicyclic) bond motifs is 1. The number of aliphatic imine (C=N–C) groups is 1. The molecule has 0 amide bonds. The lowest BCUT2D eigenvalue weighted by molar-refractivity contribution is 0.312. The summed E-state index contributed by atoms with van der Waals surface area (Å²) in [4.78, 5) is 19.0. The van der Waals surface area contributed by atoms with Crippen molar-refractivity contribution in [3.8, 4) is 5.75 Å². The van der Waals surface area contributed by atoms with Gasteiger partial charge in [0, 0.05) is 68.0 Å². The summed E-state index contributed by atoms with van der Waals surface area (Å²) in [5.74, 6) is 1.25. The number of benzene rings is 2. The molecule has 38 heavy (non-hydrogen) atoms. The first-order chi connectivity index (χ1) is 18.4. The van der Waals surface area contributed by atoms with Gasteiger partial charge >= 0.3 is 0 Å². The minimum Gasteiger partial charge on any atom is -0.494 e. The number of nitrogens with zero attached hydrogens (tertiary/aromatic N) is 5. The van der Waals surface area contributed by atoms with Crippen molar-refractivity contribution in [2.45, 2.75) is 26.7 Å². The highest BCUT2D eigenvalue weighted by Crippen LogP contribution is 2.35. The summed E-state index contributed by atoms with van der Waals surface area (Å²) in [6, 6.07) is 12.6. The zero-order chi connectivity index (χ0) is 26.8. The standard InChI is InChI=1S/C30H37N7O/c1-19-6-9-23(20(2)16-19)29(32-3)27-24(31)10-7-21-18-33-30(35-28(21)27)34-25-11-8-22(17-26(25)38-5)37-14-12-36(4)13-15-37/h6,8-9,11,16-18H,7,10,12-15,31H2,1-5H3,(H,33,34,35). The van der Waals surface area contributed by atoms with Crippen LogP contribution in [0.25, 0.3) is 5.57 Å². The van der Waals surface area contributed by atoms with Gasteiger partial charge in [-0.1, -0.05) is 23.8 Å². The number of methoxy groups -OCH3 is 1. The Morgan fingerprint density at radius 3 is 2.55 bits per heavy atom. The van der Waals surface area contributed by atoms with Crippen LogP contribution in [0.3, 0.4) is 0 Å². The molecule has 1 aliphatic carbocycles. The molecule has 2 heterocycles. The Morgan fingerprint density at radius 1 is 1.05 bits per heavy atom. The zero-order valence-electron chi connectivity index (χ0n) is 23.0. The fourth-order valence-electron chi connectivity index (χ4n) is 5.29. The number of piperazine rings is 1. The van der Waals surface area contributed by atoms with Crippen molar-refractivity contribution in [1.29, 1.82) is 0 Å². The van der Waals surface area contributed by atoms with Crippen LogP contribution in [0.2, 0.25) is 0 Å². The monoisotopic (exact) mass is 511 g/mol. The lowest BCUT2D eigenvalue weighted by atomic mass is 9.87. The van der Waals surface area contributed by atoms with Gasteiger partial charge in [-0.05, 0) is 57.0 Å². The molecule has 0 bridgehead atoms. The molecule has 0 saturated carbocycles. The molecule has 3 aromatic rings. The molecular weight excluding hydrogens is 474 g/mol. The maximum atomic E-state index is 6.62. The number of aryl methyl sites for hydroxylation is 3. The van der Waals surface area contributed by atoms with Crippen LogP contribution in [0.15, 0.2) is 53.3 Å². The van der Waals surface area contributed by atoms with Gasteiger partial charge < -0.3 is 25.6 Å². The second kappa shape index (κ2) is 10.8. The Kier molecular flexibility index (Phi) is 7.33. The predicted octanol–water partition coefficient (Wildman–Crippen LogP) is 4.33. The summed E-state index contributed by atoms with van der Waals surface area (Å²) in [6.07, 6.45) is 3.46. The predicted molar refractivity (Wildman–Crippen MR) is 156 cm³/mol. The number of hydrogen-bond acceptors (Lipinski definition) is 8. The van der Waals surface area contributed by atoms with Crippen molar-refractivity contribution in [3.05, 3.63) is 76.2 Å². The van der Waals surface area contributed by atoms with Crippen molar-refractivity contribution in [2.75, 3.05) is 57.6 Å². The molecule has 0 spiro atoms. The summed E-state index contributed by atoms with van der Waals surface area (Å²) in [7, 11) is 5.67. The Balaban J connectivity index is 1.47. The molecule has 0 atom stereocenters. The highest BCUT2D eigenvalue weighted by molar-refractivity contribution is 6.33. The first kappa shape index (κ1) is 25.7. The second-order valence-electron chi connectivity index (χ2n) is 10.2. The van der Waals surface area contributed by atoms with Gasteiger partial charge in [0.25, 0.3) is 0 Å². The van der Waals surface area contributed by atoms with E-state index in [0.29, 0.717) is 5.95 Å². The Bertz CT molecular complexity index is 1400. The fourth-order valence-corrected chi connectivity index (χ4v) is 5.29. The molecule has 0 unspecified atom stereocenters. The van der Waals surface area contributed by atoms with Crippen LogP contribution in [0, 0.1) is 13.8 Å². The van der Waals surface area contributed by atoms with E-state index in [2.05, 4.69) is 71.3 Å². The SMILES string of the molecule is CN=C(C1=C(N)CCc2cnc(Nc3ccc(N4CCN(C)CC4)cc3OC)nc21)c1ccc(C)cc1C. The minimum atomic E-state index is 0.498. The number of aromatic nitrogens is 2. The molecule has 1 aromatic heterocycles. The van der Waals surface area contributed by atoms with E-state index in [1.54, 1.807) is 7.11 Å². The molecule has 1 aliphatic heterocycles. The van der Waals surface area contributed by atoms with E-state index in [9.17, 15) is 0 Å². The fraction of sp³-hybridized carbons (Fsp3) is 0.367. The number of hydrogen-bond donors (Lipinski definition) is 2. The van der Waals surface area contributed by atoms with Crippen LogP contribution in [-0.4, -0.2) is 68.0 Å². The third-order valence-corrected chi connectivity index (χ3v) is 7.48. The molecule has 2 aliphatic rings. The lowest BCUT2D eigenvalue weighted by Crippen LogP contribution is -2.44. The van der Waals surface area contributed by atoms with Crippen molar-refractivity contribution < 1.29 is 4.74 Å². The van der Waals surface area contributed by atoms with Gasteiger partial charge in [0.05, 0.1) is 24.2 Å². The Labute approximate surface area is 225 Å². The second-order valence-corrected chi connectivity index (χ2v) is 10.2. The van der Waals surface area contributed by atoms with E-state index >= 15 is 0 Å². The summed E-state index contributed by atoms with van der Waals surface area (Å²) in [5, 5.41) is 3.38. The maximum absolute atomic E-state index is 6.62. The van der Waals surface area contributed by atoms with Gasteiger partial charge in [-0.3, -0.25) is 4.99 Å². The third kappa shape index (κ3) is 5.09. The number of nitrogens with one attached hydrogen (secondary N) is 1. The topological polar surface area (TPSA) is 91.9 Å². The Hall–Kier alpha value is -3.91. The van der Waals surface area contributed by atoms with Crippen LogP contribution in [0.4, 0.5) is 17.3 Å². The normalized spacial score (nSPS) is 16.4. The first-order valence-electron chi connectivity index (χ1n) is 13.2. The van der Waals surface area contributed by atoms with Crippen LogP contribution >= 0.6 is 0 Å². The molecule has 198 valence electrons. The number of anilines is 3. The summed E-state index contributed by atoms with van der Waals surface area (Å²) in [6.45, 7) is 8.31. The van der Waals surface area contributed by atoms with E-state index < -0.39 is 0 Å².